The SMILES string of the molecule is Cc1ccccc1C#Cc1ccc(C(=O)NCC(C)(C)O)nc1. The van der Waals surface area contributed by atoms with Crippen molar-refractivity contribution in [2.24, 2.45) is 0 Å². The van der Waals surface area contributed by atoms with Gasteiger partial charge in [0.1, 0.15) is 5.69 Å². The van der Waals surface area contributed by atoms with Crippen molar-refractivity contribution in [1.29, 1.82) is 0 Å². The van der Waals surface area contributed by atoms with E-state index in [9.17, 15) is 9.90 Å². The number of benzene rings is 1. The van der Waals surface area contributed by atoms with Crippen molar-refractivity contribution >= 4 is 5.91 Å². The average Bonchev–Trinajstić information content (AvgIpc) is 2.52. The molecule has 0 aliphatic rings. The maximum atomic E-state index is 11.9. The van der Waals surface area contributed by atoms with Gasteiger partial charge >= 0.3 is 0 Å². The maximum absolute atomic E-state index is 11.9. The zero-order chi connectivity index (χ0) is 16.9. The highest BCUT2D eigenvalue weighted by atomic mass is 16.3. The summed E-state index contributed by atoms with van der Waals surface area (Å²) < 4.78 is 0. The van der Waals surface area contributed by atoms with Crippen molar-refractivity contribution in [2.45, 2.75) is 26.4 Å². The third-order valence-corrected chi connectivity index (χ3v) is 3.16. The number of nitrogens with zero attached hydrogens (tertiary/aromatic N) is 1. The van der Waals surface area contributed by atoms with Gasteiger partial charge in [-0.25, -0.2) is 4.98 Å². The Kier molecular flexibility index (Phi) is 5.15. The minimum atomic E-state index is -0.950. The molecule has 2 N–H and O–H groups in total. The summed E-state index contributed by atoms with van der Waals surface area (Å²) in [6.07, 6.45) is 1.57. The highest BCUT2D eigenvalue weighted by molar-refractivity contribution is 5.92. The lowest BCUT2D eigenvalue weighted by atomic mass is 10.1. The first kappa shape index (κ1) is 16.7. The summed E-state index contributed by atoms with van der Waals surface area (Å²) in [7, 11) is 0. The lowest BCUT2D eigenvalue weighted by Crippen LogP contribution is -2.38. The summed E-state index contributed by atoms with van der Waals surface area (Å²) in [5.41, 5.74) is 2.19. The number of carbonyl (C=O) groups excluding carboxylic acids is 1. The van der Waals surface area contributed by atoms with Crippen LogP contribution in [0.2, 0.25) is 0 Å². The molecule has 1 heterocycles. The van der Waals surface area contributed by atoms with Crippen molar-refractivity contribution < 1.29 is 9.90 Å². The molecule has 0 spiro atoms. The van der Waals surface area contributed by atoms with Gasteiger partial charge in [-0.3, -0.25) is 4.79 Å². The quantitative estimate of drug-likeness (QED) is 0.855. The second-order valence-electron chi connectivity index (χ2n) is 5.99. The first-order chi connectivity index (χ1) is 10.8. The van der Waals surface area contributed by atoms with Crippen molar-refractivity contribution in [3.63, 3.8) is 0 Å². The van der Waals surface area contributed by atoms with E-state index in [1.165, 1.54) is 0 Å². The molecule has 0 fully saturated rings. The molecule has 1 aromatic carbocycles. The van der Waals surface area contributed by atoms with E-state index in [0.717, 1.165) is 16.7 Å². The van der Waals surface area contributed by atoms with Crippen LogP contribution in [-0.4, -0.2) is 28.1 Å². The average molecular weight is 308 g/mol. The summed E-state index contributed by atoms with van der Waals surface area (Å²) >= 11 is 0. The number of aryl methyl sites for hydroxylation is 1. The molecule has 0 aliphatic heterocycles. The predicted molar refractivity (Wildman–Crippen MR) is 90.0 cm³/mol. The van der Waals surface area contributed by atoms with Crippen LogP contribution in [0.25, 0.3) is 0 Å². The summed E-state index contributed by atoms with van der Waals surface area (Å²) in [4.78, 5) is 16.0. The first-order valence-corrected chi connectivity index (χ1v) is 7.39. The summed E-state index contributed by atoms with van der Waals surface area (Å²) in [5, 5.41) is 12.2. The molecule has 0 saturated heterocycles. The number of hydrogen-bond acceptors (Lipinski definition) is 3. The van der Waals surface area contributed by atoms with Gasteiger partial charge in [0.05, 0.1) is 5.60 Å². The number of aromatic nitrogens is 1. The summed E-state index contributed by atoms with van der Waals surface area (Å²) in [5.74, 6) is 5.82. The van der Waals surface area contributed by atoms with Crippen LogP contribution >= 0.6 is 0 Å². The van der Waals surface area contributed by atoms with Gasteiger partial charge in [0.25, 0.3) is 5.91 Å². The van der Waals surface area contributed by atoms with E-state index in [-0.39, 0.29) is 12.5 Å². The Morgan fingerprint density at radius 3 is 2.57 bits per heavy atom. The molecule has 0 atom stereocenters. The highest BCUT2D eigenvalue weighted by Gasteiger charge is 2.15. The van der Waals surface area contributed by atoms with Crippen LogP contribution in [0, 0.1) is 18.8 Å². The van der Waals surface area contributed by atoms with E-state index in [4.69, 9.17) is 0 Å². The fourth-order valence-electron chi connectivity index (χ4n) is 1.84. The fraction of sp³-hybridized carbons (Fsp3) is 0.263. The van der Waals surface area contributed by atoms with E-state index in [0.29, 0.717) is 5.69 Å². The van der Waals surface area contributed by atoms with Gasteiger partial charge in [0.2, 0.25) is 0 Å². The van der Waals surface area contributed by atoms with Crippen LogP contribution in [0.15, 0.2) is 42.6 Å². The van der Waals surface area contributed by atoms with Crippen LogP contribution in [0.3, 0.4) is 0 Å². The molecule has 0 unspecified atom stereocenters. The second-order valence-corrected chi connectivity index (χ2v) is 5.99. The zero-order valence-electron chi connectivity index (χ0n) is 13.6. The van der Waals surface area contributed by atoms with Crippen molar-refractivity contribution in [3.8, 4) is 11.8 Å². The number of amides is 1. The largest absolute Gasteiger partial charge is 0.389 e. The molecule has 2 rings (SSSR count). The summed E-state index contributed by atoms with van der Waals surface area (Å²) in [6.45, 7) is 5.44. The number of aliphatic hydroxyl groups is 1. The molecular formula is C19H20N2O2. The smallest absolute Gasteiger partial charge is 0.269 e. The van der Waals surface area contributed by atoms with Crippen molar-refractivity contribution in [3.05, 3.63) is 65.0 Å². The molecule has 0 radical (unpaired) electrons. The molecule has 0 saturated carbocycles. The Hall–Kier alpha value is -2.64. The number of carbonyl (C=O) groups is 1. The molecule has 23 heavy (non-hydrogen) atoms. The second kappa shape index (κ2) is 7.08. The van der Waals surface area contributed by atoms with Crippen LogP contribution in [0.5, 0.6) is 0 Å². The van der Waals surface area contributed by atoms with Crippen molar-refractivity contribution in [1.82, 2.24) is 10.3 Å². The number of nitrogens with one attached hydrogen (secondary N) is 1. The fourth-order valence-corrected chi connectivity index (χ4v) is 1.84. The standard InChI is InChI=1S/C19H20N2O2/c1-14-6-4-5-7-16(14)10-8-15-9-11-17(20-12-15)18(22)21-13-19(2,3)23/h4-7,9,11-12,23H,13H2,1-3H3,(H,21,22). The Bertz CT molecular complexity index is 747. The minimum absolute atomic E-state index is 0.169. The van der Waals surface area contributed by atoms with E-state index in [2.05, 4.69) is 22.1 Å². The lowest BCUT2D eigenvalue weighted by molar-refractivity contribution is 0.0692. The van der Waals surface area contributed by atoms with Gasteiger partial charge in [-0.15, -0.1) is 0 Å². The Morgan fingerprint density at radius 1 is 1.22 bits per heavy atom. The van der Waals surface area contributed by atoms with Crippen LogP contribution < -0.4 is 5.32 Å². The Labute approximate surface area is 136 Å². The Balaban J connectivity index is 2.06. The number of hydrogen-bond donors (Lipinski definition) is 2. The number of pyridine rings is 1. The van der Waals surface area contributed by atoms with E-state index < -0.39 is 5.60 Å². The van der Waals surface area contributed by atoms with Crippen molar-refractivity contribution in [2.75, 3.05) is 6.54 Å². The van der Waals surface area contributed by atoms with E-state index in [1.807, 2.05) is 31.2 Å². The van der Waals surface area contributed by atoms with Gasteiger partial charge in [-0.2, -0.15) is 0 Å². The molecule has 1 aromatic heterocycles. The molecule has 2 aromatic rings. The first-order valence-electron chi connectivity index (χ1n) is 7.39. The minimum Gasteiger partial charge on any atom is -0.389 e. The zero-order valence-corrected chi connectivity index (χ0v) is 13.6. The molecule has 0 bridgehead atoms. The van der Waals surface area contributed by atoms with E-state index in [1.54, 1.807) is 32.2 Å². The predicted octanol–water partition coefficient (Wildman–Crippen LogP) is 2.29. The number of rotatable bonds is 3. The third kappa shape index (κ3) is 5.24. The van der Waals surface area contributed by atoms with Crippen LogP contribution in [-0.2, 0) is 0 Å². The molecule has 4 heteroatoms. The molecule has 4 nitrogen and oxygen atoms in total. The topological polar surface area (TPSA) is 62.2 Å². The lowest BCUT2D eigenvalue weighted by Gasteiger charge is -2.17. The third-order valence-electron chi connectivity index (χ3n) is 3.16. The van der Waals surface area contributed by atoms with Gasteiger partial charge < -0.3 is 10.4 Å². The summed E-state index contributed by atoms with van der Waals surface area (Å²) in [6, 6.07) is 11.3. The van der Waals surface area contributed by atoms with Gasteiger partial charge in [0.15, 0.2) is 0 Å². The monoisotopic (exact) mass is 308 g/mol. The van der Waals surface area contributed by atoms with E-state index >= 15 is 0 Å². The van der Waals surface area contributed by atoms with Crippen LogP contribution in [0.4, 0.5) is 0 Å². The molecule has 0 aliphatic carbocycles. The molecule has 118 valence electrons. The highest BCUT2D eigenvalue weighted by Crippen LogP contribution is 2.06. The molecule has 1 amide bonds. The van der Waals surface area contributed by atoms with Gasteiger partial charge in [0, 0.05) is 23.9 Å². The van der Waals surface area contributed by atoms with Crippen LogP contribution in [0.1, 0.15) is 41.0 Å². The normalized spacial score (nSPS) is 10.6. The maximum Gasteiger partial charge on any atom is 0.269 e. The van der Waals surface area contributed by atoms with Gasteiger partial charge in [-0.05, 0) is 44.5 Å². The molecular weight excluding hydrogens is 288 g/mol. The Morgan fingerprint density at radius 2 is 1.96 bits per heavy atom. The van der Waals surface area contributed by atoms with Gasteiger partial charge in [-0.1, -0.05) is 30.0 Å².